The predicted octanol–water partition coefficient (Wildman–Crippen LogP) is 1.96. The second-order valence-electron chi connectivity index (χ2n) is 14.2. The molecular weight excluding hydrogens is 567 g/mol. The first kappa shape index (κ1) is 31.4. The van der Waals surface area contributed by atoms with Gasteiger partial charge < -0.3 is 15.5 Å². The molecule has 0 bridgehead atoms. The predicted molar refractivity (Wildman–Crippen MR) is 142 cm³/mol. The lowest BCUT2D eigenvalue weighted by Crippen LogP contribution is -2.61. The molecule has 0 aromatic rings. The third-order valence-electron chi connectivity index (χ3n) is 8.99. The number of carbonyl (C=O) groups is 5. The van der Waals surface area contributed by atoms with Gasteiger partial charge in [-0.25, -0.2) is 18.2 Å². The molecule has 2 saturated heterocycles. The van der Waals surface area contributed by atoms with Crippen molar-refractivity contribution >= 4 is 41.1 Å². The Balaban J connectivity index is 1.56. The fourth-order valence-corrected chi connectivity index (χ4v) is 6.56. The summed E-state index contributed by atoms with van der Waals surface area (Å²) in [6.07, 6.45) is -0.267. The highest BCUT2D eigenvalue weighted by molar-refractivity contribution is 6.29. The van der Waals surface area contributed by atoms with E-state index in [-0.39, 0.29) is 36.2 Å². The molecule has 3 N–H and O–H groups in total. The second kappa shape index (κ2) is 10.0. The molecule has 0 radical (unpaired) electrons. The van der Waals surface area contributed by atoms with Crippen LogP contribution in [0.25, 0.3) is 0 Å². The van der Waals surface area contributed by atoms with Crippen molar-refractivity contribution in [3.63, 3.8) is 0 Å². The molecule has 4 fully saturated rings. The fourth-order valence-electron chi connectivity index (χ4n) is 6.44. The Hall–Kier alpha value is -2.57. The summed E-state index contributed by atoms with van der Waals surface area (Å²) in [6.45, 7) is 12.3. The van der Waals surface area contributed by atoms with Gasteiger partial charge in [-0.15, -0.1) is 0 Å². The molecule has 2 heterocycles. The van der Waals surface area contributed by atoms with Crippen molar-refractivity contribution in [2.75, 3.05) is 13.1 Å². The largest absolute Gasteiger partial charge is 0.351 e. The van der Waals surface area contributed by atoms with Gasteiger partial charge >= 0.3 is 0 Å². The van der Waals surface area contributed by atoms with Crippen LogP contribution in [0.2, 0.25) is 0 Å². The van der Waals surface area contributed by atoms with Gasteiger partial charge in [-0.1, -0.05) is 46.2 Å². The van der Waals surface area contributed by atoms with Crippen molar-refractivity contribution in [3.05, 3.63) is 0 Å². The lowest BCUT2D eigenvalue weighted by Gasteiger charge is -2.38. The van der Waals surface area contributed by atoms with E-state index < -0.39 is 76.5 Å². The van der Waals surface area contributed by atoms with E-state index in [1.807, 2.05) is 13.8 Å². The first-order chi connectivity index (χ1) is 18.6. The lowest BCUT2D eigenvalue weighted by atomic mass is 9.85. The minimum Gasteiger partial charge on any atom is -0.351 e. The van der Waals surface area contributed by atoms with Gasteiger partial charge in [0.05, 0.1) is 12.5 Å². The summed E-state index contributed by atoms with van der Waals surface area (Å²) in [6, 6.07) is -2.30. The van der Waals surface area contributed by atoms with E-state index in [4.69, 9.17) is 11.6 Å². The van der Waals surface area contributed by atoms with Gasteiger partial charge in [0.1, 0.15) is 18.0 Å². The SMILES string of the molecule is CC1(C)C[C@@H](CN(NC(=O)[C@@H]2[C@@H]3[C@H](CN2C(=O)[C@@H](NC(=O)[C@@H]2CC2(F)F)C(C)(C)C)C3(C)C)C(=O)[C@H](F)Cl)C(=O)N1. The van der Waals surface area contributed by atoms with Crippen molar-refractivity contribution in [2.45, 2.75) is 90.5 Å². The molecule has 4 rings (SSSR count). The number of nitrogens with zero attached hydrogens (tertiary/aromatic N) is 2. The van der Waals surface area contributed by atoms with E-state index in [1.165, 1.54) is 4.90 Å². The topological polar surface area (TPSA) is 128 Å². The maximum absolute atomic E-state index is 14.0. The third-order valence-corrected chi connectivity index (χ3v) is 9.18. The van der Waals surface area contributed by atoms with Gasteiger partial charge in [0.25, 0.3) is 23.4 Å². The highest BCUT2D eigenvalue weighted by Crippen LogP contribution is 2.65. The van der Waals surface area contributed by atoms with Crippen molar-refractivity contribution in [3.8, 4) is 0 Å². The molecule has 14 heteroatoms. The zero-order valence-electron chi connectivity index (χ0n) is 24.3. The summed E-state index contributed by atoms with van der Waals surface area (Å²) < 4.78 is 41.1. The molecule has 2 saturated carbocycles. The molecule has 0 spiro atoms. The van der Waals surface area contributed by atoms with E-state index >= 15 is 0 Å². The van der Waals surface area contributed by atoms with Crippen LogP contribution in [-0.2, 0) is 24.0 Å². The molecule has 4 aliphatic rings. The van der Waals surface area contributed by atoms with E-state index in [0.717, 1.165) is 0 Å². The number of nitrogens with one attached hydrogen (secondary N) is 3. The Bertz CT molecular complexity index is 1160. The van der Waals surface area contributed by atoms with Crippen molar-refractivity contribution in [2.24, 2.45) is 34.5 Å². The molecular formula is C27H39ClF3N5O5. The highest BCUT2D eigenvalue weighted by atomic mass is 35.5. The lowest BCUT2D eigenvalue weighted by molar-refractivity contribution is -0.151. The summed E-state index contributed by atoms with van der Waals surface area (Å²) in [5, 5.41) is 5.95. The number of hydrazine groups is 1. The van der Waals surface area contributed by atoms with Gasteiger partial charge in [0.15, 0.2) is 0 Å². The van der Waals surface area contributed by atoms with Crippen LogP contribution >= 0.6 is 11.6 Å². The minimum absolute atomic E-state index is 0.0706. The van der Waals surface area contributed by atoms with Gasteiger partial charge in [0, 0.05) is 18.5 Å². The molecule has 41 heavy (non-hydrogen) atoms. The molecule has 2 aliphatic heterocycles. The van der Waals surface area contributed by atoms with Crippen LogP contribution in [0.4, 0.5) is 13.2 Å². The quantitative estimate of drug-likeness (QED) is 0.302. The number of rotatable bonds is 7. The van der Waals surface area contributed by atoms with Crippen LogP contribution in [0.5, 0.6) is 0 Å². The Morgan fingerprint density at radius 1 is 1.12 bits per heavy atom. The molecule has 5 amide bonds. The number of carbonyl (C=O) groups excluding carboxylic acids is 5. The summed E-state index contributed by atoms with van der Waals surface area (Å²) in [7, 11) is 0. The minimum atomic E-state index is -3.12. The summed E-state index contributed by atoms with van der Waals surface area (Å²) in [5.74, 6) is -9.68. The van der Waals surface area contributed by atoms with Gasteiger partial charge in [-0.3, -0.25) is 29.4 Å². The Labute approximate surface area is 242 Å². The Morgan fingerprint density at radius 2 is 1.71 bits per heavy atom. The van der Waals surface area contributed by atoms with E-state index in [0.29, 0.717) is 11.4 Å². The smallest absolute Gasteiger partial charge is 0.291 e. The average Bonchev–Trinajstić information content (AvgIpc) is 3.43. The van der Waals surface area contributed by atoms with E-state index in [9.17, 15) is 37.1 Å². The van der Waals surface area contributed by atoms with Crippen LogP contribution in [-0.4, -0.2) is 81.7 Å². The average molecular weight is 606 g/mol. The fraction of sp³-hybridized carbons (Fsp3) is 0.815. The number of piperidine rings is 1. The van der Waals surface area contributed by atoms with Crippen LogP contribution < -0.4 is 16.1 Å². The van der Waals surface area contributed by atoms with E-state index in [2.05, 4.69) is 16.1 Å². The molecule has 0 aromatic carbocycles. The van der Waals surface area contributed by atoms with Crippen molar-refractivity contribution in [1.82, 2.24) is 26.0 Å². The van der Waals surface area contributed by atoms with Crippen LogP contribution in [0.1, 0.15) is 61.3 Å². The number of fused-ring (bicyclic) bond motifs is 1. The molecule has 2 aliphatic carbocycles. The molecule has 0 unspecified atom stereocenters. The molecule has 230 valence electrons. The van der Waals surface area contributed by atoms with Crippen molar-refractivity contribution in [1.29, 1.82) is 0 Å². The van der Waals surface area contributed by atoms with Crippen LogP contribution in [0, 0.1) is 34.5 Å². The Morgan fingerprint density at radius 3 is 2.17 bits per heavy atom. The van der Waals surface area contributed by atoms with Crippen LogP contribution in [0.15, 0.2) is 0 Å². The zero-order valence-corrected chi connectivity index (χ0v) is 25.1. The summed E-state index contributed by atoms with van der Waals surface area (Å²) in [4.78, 5) is 66.6. The Kier molecular flexibility index (Phi) is 7.66. The number of likely N-dealkylation sites (tertiary alicyclic amines) is 1. The molecule has 7 atom stereocenters. The number of alkyl halides is 4. The van der Waals surface area contributed by atoms with E-state index in [1.54, 1.807) is 34.6 Å². The zero-order chi connectivity index (χ0) is 31.0. The number of amides is 5. The third kappa shape index (κ3) is 6.01. The summed E-state index contributed by atoms with van der Waals surface area (Å²) in [5.41, 5.74) is -1.84. The highest BCUT2D eigenvalue weighted by Gasteiger charge is 2.70. The van der Waals surface area contributed by atoms with Gasteiger partial charge in [0.2, 0.25) is 17.7 Å². The maximum atomic E-state index is 14.0. The number of hydrogen-bond acceptors (Lipinski definition) is 5. The second-order valence-corrected chi connectivity index (χ2v) is 14.6. The molecule has 10 nitrogen and oxygen atoms in total. The standard InChI is InChI=1S/C27H39ClF3N5O5/c1-24(2,3)17(32-20(38)13-9-27(13,30)31)22(40)35-11-14-15(26(14,6)7)16(35)21(39)34-36(23(41)18(28)29)10-12-8-25(4,5)33-19(12)37/h12-18H,8-11H2,1-7H3,(H,32,38)(H,33,37)(H,34,39)/t12-,13-,14-,15-,16-,17+,18-/m0/s1. The van der Waals surface area contributed by atoms with Gasteiger partial charge in [-0.05, 0) is 42.9 Å². The first-order valence-electron chi connectivity index (χ1n) is 13.8. The number of hydrogen-bond donors (Lipinski definition) is 3. The van der Waals surface area contributed by atoms with Crippen LogP contribution in [0.3, 0.4) is 0 Å². The molecule has 0 aromatic heterocycles. The number of halogens is 4. The van der Waals surface area contributed by atoms with Gasteiger partial charge in [-0.2, -0.15) is 0 Å². The summed E-state index contributed by atoms with van der Waals surface area (Å²) >= 11 is 5.43. The van der Waals surface area contributed by atoms with Crippen molar-refractivity contribution < 1.29 is 37.1 Å². The maximum Gasteiger partial charge on any atom is 0.291 e. The monoisotopic (exact) mass is 605 g/mol. The normalized spacial score (nSPS) is 31.8. The first-order valence-corrected chi connectivity index (χ1v) is 14.2.